The van der Waals surface area contributed by atoms with Gasteiger partial charge in [0, 0.05) is 0 Å². The number of alkyl halides is 4. The molecule has 1 aromatic carbocycles. The Hall–Kier alpha value is -0.160. The number of hydrogen-bond donors (Lipinski definition) is 0. The normalized spacial score (nSPS) is 38.8. The van der Waals surface area contributed by atoms with Gasteiger partial charge in [0.2, 0.25) is 11.8 Å². The molecule has 132 valence electrons. The topological polar surface area (TPSA) is 37.4 Å². The molecule has 1 saturated carbocycles. The maximum Gasteiger partial charge on any atom is 0.240 e. The van der Waals surface area contributed by atoms with Crippen molar-refractivity contribution in [3.63, 3.8) is 0 Å². The maximum atomic E-state index is 13.1. The molecule has 2 amide bonds. The first-order chi connectivity index (χ1) is 11.5. The third-order valence-electron chi connectivity index (χ3n) is 5.20. The fraction of sp³-hybridized carbons (Fsp3) is 0.375. The zero-order chi connectivity index (χ0) is 18.5. The van der Waals surface area contributed by atoms with Gasteiger partial charge >= 0.3 is 0 Å². The Kier molecular flexibility index (Phi) is 3.80. The Bertz CT molecular complexity index is 820. The van der Waals surface area contributed by atoms with Crippen LogP contribution in [0.4, 0.5) is 5.69 Å². The largest absolute Gasteiger partial charge is 0.274 e. The summed E-state index contributed by atoms with van der Waals surface area (Å²) in [5, 5.41) is -0.187. The molecule has 0 aromatic heterocycles. The fourth-order valence-electron chi connectivity index (χ4n) is 3.94. The monoisotopic (exact) mass is 457 g/mol. The van der Waals surface area contributed by atoms with Crippen LogP contribution in [-0.2, 0) is 9.59 Å². The highest BCUT2D eigenvalue weighted by Gasteiger charge is 2.87. The van der Waals surface area contributed by atoms with Crippen molar-refractivity contribution in [1.82, 2.24) is 0 Å². The van der Waals surface area contributed by atoms with Crippen molar-refractivity contribution in [2.24, 2.45) is 11.8 Å². The standard InChI is InChI=1S/C16H9Cl6NO2/c1-6-2-4-7(5-3-6)23-12(24)8-9(13(23)25)15(20)11(18)10(17)14(8,19)16(15,21)22/h2-5,8-9H,1H3. The number of imide groups is 1. The number of benzene rings is 1. The van der Waals surface area contributed by atoms with Gasteiger partial charge in [0.25, 0.3) is 0 Å². The summed E-state index contributed by atoms with van der Waals surface area (Å²) in [7, 11) is 0. The van der Waals surface area contributed by atoms with Gasteiger partial charge in [-0.2, -0.15) is 0 Å². The number of amides is 2. The molecule has 3 aliphatic rings. The predicted octanol–water partition coefficient (Wildman–Crippen LogP) is 4.95. The van der Waals surface area contributed by atoms with Crippen LogP contribution in [0.2, 0.25) is 0 Å². The number of carbonyl (C=O) groups excluding carboxylic acids is 2. The number of aryl methyl sites for hydroxylation is 1. The van der Waals surface area contributed by atoms with Gasteiger partial charge in [0.1, 0.15) is 9.75 Å². The zero-order valence-corrected chi connectivity index (χ0v) is 17.0. The highest BCUT2D eigenvalue weighted by molar-refractivity contribution is 6.67. The van der Waals surface area contributed by atoms with Gasteiger partial charge in [-0.3, -0.25) is 9.59 Å². The Morgan fingerprint density at radius 3 is 1.64 bits per heavy atom. The number of anilines is 1. The molecule has 9 heteroatoms. The third-order valence-corrected chi connectivity index (χ3v) is 9.46. The quantitative estimate of drug-likeness (QED) is 0.440. The van der Waals surface area contributed by atoms with Gasteiger partial charge in [-0.15, -0.1) is 23.2 Å². The van der Waals surface area contributed by atoms with Gasteiger partial charge in [-0.05, 0) is 19.1 Å². The van der Waals surface area contributed by atoms with E-state index < -0.39 is 37.7 Å². The van der Waals surface area contributed by atoms with Crippen molar-refractivity contribution >= 4 is 87.1 Å². The van der Waals surface area contributed by atoms with Gasteiger partial charge in [0.05, 0.1) is 27.6 Å². The Balaban J connectivity index is 1.90. The number of halogens is 6. The van der Waals surface area contributed by atoms with Gasteiger partial charge < -0.3 is 0 Å². The van der Waals surface area contributed by atoms with Gasteiger partial charge in [0.15, 0.2) is 4.33 Å². The highest BCUT2D eigenvalue weighted by Crippen LogP contribution is 2.77. The van der Waals surface area contributed by atoms with E-state index in [1.807, 2.05) is 6.92 Å². The lowest BCUT2D eigenvalue weighted by atomic mass is 9.84. The van der Waals surface area contributed by atoms with E-state index in [-0.39, 0.29) is 10.1 Å². The second kappa shape index (κ2) is 5.21. The van der Waals surface area contributed by atoms with Crippen LogP contribution in [0.15, 0.2) is 34.3 Å². The summed E-state index contributed by atoms with van der Waals surface area (Å²) in [6, 6.07) is 6.91. The van der Waals surface area contributed by atoms with E-state index in [4.69, 9.17) is 69.6 Å². The molecule has 2 fully saturated rings. The predicted molar refractivity (Wildman–Crippen MR) is 101 cm³/mol. The second-order valence-electron chi connectivity index (χ2n) is 6.43. The molecule has 1 heterocycles. The summed E-state index contributed by atoms with van der Waals surface area (Å²) in [5.41, 5.74) is 1.40. The summed E-state index contributed by atoms with van der Waals surface area (Å²) >= 11 is 38.6. The Morgan fingerprint density at radius 1 is 0.840 bits per heavy atom. The van der Waals surface area contributed by atoms with Crippen LogP contribution in [0.5, 0.6) is 0 Å². The third kappa shape index (κ3) is 1.78. The molecule has 2 bridgehead atoms. The minimum Gasteiger partial charge on any atom is -0.274 e. The highest BCUT2D eigenvalue weighted by atomic mass is 35.5. The van der Waals surface area contributed by atoms with E-state index in [9.17, 15) is 9.59 Å². The van der Waals surface area contributed by atoms with E-state index in [1.54, 1.807) is 24.3 Å². The first kappa shape index (κ1) is 18.2. The lowest BCUT2D eigenvalue weighted by Gasteiger charge is -2.34. The van der Waals surface area contributed by atoms with Crippen molar-refractivity contribution in [2.75, 3.05) is 4.90 Å². The lowest BCUT2D eigenvalue weighted by Crippen LogP contribution is -2.50. The van der Waals surface area contributed by atoms with Crippen molar-refractivity contribution in [3.8, 4) is 0 Å². The number of nitrogens with zero attached hydrogens (tertiary/aromatic N) is 1. The molecule has 1 aromatic rings. The molecule has 0 N–H and O–H groups in total. The number of carbonyl (C=O) groups is 2. The number of fused-ring (bicyclic) bond motifs is 5. The summed E-state index contributed by atoms with van der Waals surface area (Å²) in [5.74, 6) is -3.32. The second-order valence-corrected chi connectivity index (χ2v) is 9.70. The lowest BCUT2D eigenvalue weighted by molar-refractivity contribution is -0.123. The first-order valence-corrected chi connectivity index (χ1v) is 9.54. The number of allylic oxidation sites excluding steroid dienone is 2. The Labute approximate surface area is 173 Å². The van der Waals surface area contributed by atoms with Crippen molar-refractivity contribution in [3.05, 3.63) is 39.9 Å². The van der Waals surface area contributed by atoms with Crippen LogP contribution in [0.1, 0.15) is 5.56 Å². The molecule has 1 saturated heterocycles. The smallest absolute Gasteiger partial charge is 0.240 e. The first-order valence-electron chi connectivity index (χ1n) is 7.27. The zero-order valence-electron chi connectivity index (χ0n) is 12.5. The molecular weight excluding hydrogens is 451 g/mol. The van der Waals surface area contributed by atoms with Crippen LogP contribution >= 0.6 is 69.6 Å². The van der Waals surface area contributed by atoms with Crippen molar-refractivity contribution in [1.29, 1.82) is 0 Å². The SMILES string of the molecule is Cc1ccc(N2C(=O)C3C(C2=O)C2(Cl)C(Cl)=C(Cl)C3(Cl)C2(Cl)Cl)cc1. The average molecular weight is 460 g/mol. The Morgan fingerprint density at radius 2 is 1.24 bits per heavy atom. The van der Waals surface area contributed by atoms with E-state index in [0.717, 1.165) is 10.5 Å². The number of rotatable bonds is 1. The molecule has 0 radical (unpaired) electrons. The molecule has 1 aliphatic heterocycles. The van der Waals surface area contributed by atoms with Crippen LogP contribution in [0, 0.1) is 18.8 Å². The van der Waals surface area contributed by atoms with E-state index in [1.165, 1.54) is 0 Å². The minimum absolute atomic E-state index is 0.0935. The van der Waals surface area contributed by atoms with Gasteiger partial charge in [-0.25, -0.2) is 4.90 Å². The van der Waals surface area contributed by atoms with Crippen LogP contribution < -0.4 is 4.90 Å². The van der Waals surface area contributed by atoms with E-state index >= 15 is 0 Å². The molecule has 2 aliphatic carbocycles. The van der Waals surface area contributed by atoms with Gasteiger partial charge in [-0.1, -0.05) is 64.1 Å². The summed E-state index contributed by atoms with van der Waals surface area (Å²) in [6.07, 6.45) is 0. The molecule has 3 nitrogen and oxygen atoms in total. The molecule has 4 atom stereocenters. The molecule has 25 heavy (non-hydrogen) atoms. The molecule has 4 rings (SSSR count). The van der Waals surface area contributed by atoms with E-state index in [0.29, 0.717) is 5.69 Å². The van der Waals surface area contributed by atoms with E-state index in [2.05, 4.69) is 0 Å². The molecule has 0 spiro atoms. The minimum atomic E-state index is -1.91. The number of hydrogen-bond acceptors (Lipinski definition) is 2. The summed E-state index contributed by atoms with van der Waals surface area (Å²) in [4.78, 5) is 23.7. The summed E-state index contributed by atoms with van der Waals surface area (Å²) in [6.45, 7) is 1.90. The van der Waals surface area contributed by atoms with Crippen molar-refractivity contribution in [2.45, 2.75) is 21.0 Å². The maximum absolute atomic E-state index is 13.1. The van der Waals surface area contributed by atoms with Crippen molar-refractivity contribution < 1.29 is 9.59 Å². The summed E-state index contributed by atoms with van der Waals surface area (Å²) < 4.78 is -1.91. The molecular formula is C16H9Cl6NO2. The van der Waals surface area contributed by atoms with Crippen LogP contribution in [-0.4, -0.2) is 25.9 Å². The fourth-order valence-corrected chi connectivity index (χ4v) is 6.87. The van der Waals surface area contributed by atoms with Crippen LogP contribution in [0.3, 0.4) is 0 Å². The average Bonchev–Trinajstić information content (AvgIpc) is 2.94. The van der Waals surface area contributed by atoms with Crippen LogP contribution in [0.25, 0.3) is 0 Å². The molecule has 4 unspecified atom stereocenters.